The number of carbonyl (C=O) groups excluding carboxylic acids is 2. The van der Waals surface area contributed by atoms with Crippen LogP contribution in [0.4, 0.5) is 10.5 Å². The molecule has 0 bridgehead atoms. The molecule has 0 aliphatic carbocycles. The normalized spacial score (nSPS) is 20.1. The number of fused-ring (bicyclic) bond motifs is 2. The fourth-order valence-corrected chi connectivity index (χ4v) is 5.47. The Balaban J connectivity index is 1.49. The van der Waals surface area contributed by atoms with Gasteiger partial charge in [0, 0.05) is 32.5 Å². The quantitative estimate of drug-likeness (QED) is 0.609. The molecule has 1 fully saturated rings. The molecule has 2 aliphatic rings. The minimum absolute atomic E-state index is 0.306. The van der Waals surface area contributed by atoms with Crippen LogP contribution in [0, 0.1) is 0 Å². The highest BCUT2D eigenvalue weighted by Crippen LogP contribution is 2.45. The van der Waals surface area contributed by atoms with E-state index in [1.54, 1.807) is 38.6 Å². The average Bonchev–Trinajstić information content (AvgIpc) is 3.23. The summed E-state index contributed by atoms with van der Waals surface area (Å²) < 4.78 is 10.6. The molecule has 2 atom stereocenters. The summed E-state index contributed by atoms with van der Waals surface area (Å²) in [6, 6.07) is 9.85. The number of urea groups is 1. The lowest BCUT2D eigenvalue weighted by atomic mass is 10.1. The third-order valence-corrected chi connectivity index (χ3v) is 7.18. The second kappa shape index (κ2) is 8.03. The van der Waals surface area contributed by atoms with Crippen molar-refractivity contribution in [1.82, 2.24) is 10.3 Å². The van der Waals surface area contributed by atoms with E-state index in [-0.39, 0.29) is 5.91 Å². The van der Waals surface area contributed by atoms with Gasteiger partial charge in [-0.15, -0.1) is 11.8 Å². The Morgan fingerprint density at radius 3 is 2.59 bits per heavy atom. The van der Waals surface area contributed by atoms with E-state index in [2.05, 4.69) is 10.3 Å². The summed E-state index contributed by atoms with van der Waals surface area (Å²) in [5.74, 6) is 1.02. The van der Waals surface area contributed by atoms with Crippen molar-refractivity contribution in [3.63, 3.8) is 0 Å². The van der Waals surface area contributed by atoms with Gasteiger partial charge in [-0.25, -0.2) is 9.69 Å². The third-order valence-electron chi connectivity index (χ3n) is 5.49. The van der Waals surface area contributed by atoms with E-state index in [0.717, 1.165) is 21.2 Å². The first kappa shape index (κ1) is 20.7. The van der Waals surface area contributed by atoms with Gasteiger partial charge in [0.15, 0.2) is 0 Å². The molecular formula is C23H18ClN3O4S. The van der Waals surface area contributed by atoms with Crippen LogP contribution >= 0.6 is 23.4 Å². The predicted octanol–water partition coefficient (Wildman–Crippen LogP) is 4.49. The number of carbonyl (C=O) groups is 2. The van der Waals surface area contributed by atoms with Gasteiger partial charge < -0.3 is 14.8 Å². The van der Waals surface area contributed by atoms with Crippen LogP contribution in [0.1, 0.15) is 5.56 Å². The number of halogens is 1. The summed E-state index contributed by atoms with van der Waals surface area (Å²) in [5, 5.41) is 4.47. The van der Waals surface area contributed by atoms with Crippen LogP contribution in [0.3, 0.4) is 0 Å². The van der Waals surface area contributed by atoms with Crippen molar-refractivity contribution < 1.29 is 19.1 Å². The number of methoxy groups -OCH3 is 2. The lowest BCUT2D eigenvalue weighted by Crippen LogP contribution is -2.60. The number of nitrogens with zero attached hydrogens (tertiary/aromatic N) is 2. The summed E-state index contributed by atoms with van der Waals surface area (Å²) >= 11 is 7.78. The molecule has 0 saturated carbocycles. The molecule has 5 rings (SSSR count). The number of ether oxygens (including phenoxy) is 2. The molecule has 2 aliphatic heterocycles. The van der Waals surface area contributed by atoms with E-state index < -0.39 is 17.3 Å². The van der Waals surface area contributed by atoms with Crippen LogP contribution < -0.4 is 19.7 Å². The van der Waals surface area contributed by atoms with E-state index in [1.165, 1.54) is 22.9 Å². The van der Waals surface area contributed by atoms with E-state index in [1.807, 2.05) is 24.3 Å². The lowest BCUT2D eigenvalue weighted by Gasteiger charge is -2.33. The Morgan fingerprint density at radius 2 is 1.81 bits per heavy atom. The zero-order chi connectivity index (χ0) is 22.4. The van der Waals surface area contributed by atoms with Gasteiger partial charge in [0.25, 0.3) is 5.91 Å². The molecule has 162 valence electrons. The molecule has 0 radical (unpaired) electrons. The highest BCUT2D eigenvalue weighted by Gasteiger charge is 2.45. The highest BCUT2D eigenvalue weighted by atomic mass is 35.5. The fraction of sp³-hybridized carbons (Fsp3) is 0.174. The Bertz CT molecular complexity index is 1300. The van der Waals surface area contributed by atoms with E-state index in [4.69, 9.17) is 21.1 Å². The molecule has 2 unspecified atom stereocenters. The fourth-order valence-electron chi connectivity index (χ4n) is 3.90. The van der Waals surface area contributed by atoms with Crippen molar-refractivity contribution in [2.24, 2.45) is 0 Å². The van der Waals surface area contributed by atoms with Crippen LogP contribution in [0.25, 0.3) is 15.7 Å². The Kier molecular flexibility index (Phi) is 5.19. The topological polar surface area (TPSA) is 80.8 Å². The van der Waals surface area contributed by atoms with Crippen molar-refractivity contribution in [2.45, 2.75) is 11.3 Å². The van der Waals surface area contributed by atoms with Crippen molar-refractivity contribution in [3.8, 4) is 11.5 Å². The monoisotopic (exact) mass is 467 g/mol. The zero-order valence-electron chi connectivity index (χ0n) is 17.2. The maximum Gasteiger partial charge on any atom is 0.329 e. The van der Waals surface area contributed by atoms with Crippen LogP contribution in [0.5, 0.6) is 11.5 Å². The number of pyridine rings is 1. The van der Waals surface area contributed by atoms with Gasteiger partial charge >= 0.3 is 6.03 Å². The van der Waals surface area contributed by atoms with Gasteiger partial charge in [0.05, 0.1) is 32.1 Å². The first-order chi connectivity index (χ1) is 15.5. The third kappa shape index (κ3) is 3.36. The number of benzene rings is 2. The summed E-state index contributed by atoms with van der Waals surface area (Å²) in [7, 11) is 3.16. The van der Waals surface area contributed by atoms with Crippen LogP contribution in [-0.4, -0.2) is 42.4 Å². The number of nitrogens with one attached hydrogen (secondary N) is 1. The number of anilines is 1. The lowest BCUT2D eigenvalue weighted by molar-refractivity contribution is -0.118. The number of hydrogen-bond donors (Lipinski definition) is 1. The molecular weight excluding hydrogens is 450 g/mol. The predicted molar refractivity (Wildman–Crippen MR) is 125 cm³/mol. The number of thioether (sulfide) groups is 1. The first-order valence-corrected chi connectivity index (χ1v) is 11.0. The summed E-state index contributed by atoms with van der Waals surface area (Å²) in [6.07, 6.45) is 5.07. The summed E-state index contributed by atoms with van der Waals surface area (Å²) in [6.45, 7) is 0. The van der Waals surface area contributed by atoms with Crippen LogP contribution in [-0.2, 0) is 4.79 Å². The van der Waals surface area contributed by atoms with Gasteiger partial charge in [-0.05, 0) is 42.5 Å². The van der Waals surface area contributed by atoms with Crippen molar-refractivity contribution in [2.75, 3.05) is 19.1 Å². The van der Waals surface area contributed by atoms with Crippen molar-refractivity contribution in [1.29, 1.82) is 0 Å². The maximum absolute atomic E-state index is 13.5. The van der Waals surface area contributed by atoms with E-state index >= 15 is 0 Å². The molecule has 1 aromatic heterocycles. The second-order valence-electron chi connectivity index (χ2n) is 7.31. The number of amides is 3. The number of aromatic nitrogens is 1. The molecule has 0 spiro atoms. The molecule has 7 nitrogen and oxygen atoms in total. The second-order valence-corrected chi connectivity index (χ2v) is 8.90. The SMILES string of the molecule is COc1ccc(Cl)c(C2=CC3NC(=O)N(c4cncc5cc(OC)ccc45)C(=O)C3S2)c1. The minimum atomic E-state index is -0.515. The molecule has 9 heteroatoms. The van der Waals surface area contributed by atoms with Gasteiger partial charge in [-0.3, -0.25) is 9.78 Å². The number of imide groups is 1. The largest absolute Gasteiger partial charge is 0.497 e. The number of hydrogen-bond acceptors (Lipinski definition) is 6. The van der Waals surface area contributed by atoms with Gasteiger partial charge in [-0.1, -0.05) is 11.6 Å². The van der Waals surface area contributed by atoms with E-state index in [9.17, 15) is 9.59 Å². The Labute approximate surface area is 193 Å². The molecule has 32 heavy (non-hydrogen) atoms. The number of rotatable bonds is 4. The standard InChI is InChI=1S/C23H18ClN3O4S/c1-30-13-3-5-15-12(7-13)10-25-11-19(15)27-22(28)21-18(26-23(27)29)9-20(32-21)16-8-14(31-2)4-6-17(16)24/h3-11,18,21H,1-2H3,(H,26,29). The summed E-state index contributed by atoms with van der Waals surface area (Å²) in [5.41, 5.74) is 1.19. The molecule has 3 aromatic rings. The van der Waals surface area contributed by atoms with E-state index in [0.29, 0.717) is 22.2 Å². The minimum Gasteiger partial charge on any atom is -0.497 e. The molecule has 1 saturated heterocycles. The molecule has 3 heterocycles. The molecule has 1 N–H and O–H groups in total. The van der Waals surface area contributed by atoms with Crippen molar-refractivity contribution in [3.05, 3.63) is 65.5 Å². The van der Waals surface area contributed by atoms with Crippen molar-refractivity contribution >= 4 is 56.7 Å². The van der Waals surface area contributed by atoms with Crippen LogP contribution in [0.2, 0.25) is 5.02 Å². The summed E-state index contributed by atoms with van der Waals surface area (Å²) in [4.78, 5) is 32.7. The average molecular weight is 468 g/mol. The molecule has 3 amide bonds. The van der Waals surface area contributed by atoms with Gasteiger partial charge in [-0.2, -0.15) is 0 Å². The Morgan fingerprint density at radius 1 is 1.06 bits per heavy atom. The maximum atomic E-state index is 13.5. The highest BCUT2D eigenvalue weighted by molar-refractivity contribution is 8.09. The Hall–Kier alpha value is -3.23. The first-order valence-electron chi connectivity index (χ1n) is 9.79. The molecule has 2 aromatic carbocycles. The van der Waals surface area contributed by atoms with Gasteiger partial charge in [0.2, 0.25) is 0 Å². The smallest absolute Gasteiger partial charge is 0.329 e. The van der Waals surface area contributed by atoms with Gasteiger partial charge in [0.1, 0.15) is 16.7 Å². The zero-order valence-corrected chi connectivity index (χ0v) is 18.7. The van der Waals surface area contributed by atoms with Crippen LogP contribution in [0.15, 0.2) is 54.9 Å².